The zero-order chi connectivity index (χ0) is 27.0. The van der Waals surface area contributed by atoms with Crippen LogP contribution in [0.3, 0.4) is 0 Å². The van der Waals surface area contributed by atoms with Crippen LogP contribution in [-0.2, 0) is 9.59 Å². The summed E-state index contributed by atoms with van der Waals surface area (Å²) in [6.07, 6.45) is 0. The van der Waals surface area contributed by atoms with E-state index < -0.39 is 17.7 Å². The van der Waals surface area contributed by atoms with Gasteiger partial charge in [-0.2, -0.15) is 0 Å². The van der Waals surface area contributed by atoms with E-state index in [0.29, 0.717) is 22.9 Å². The minimum Gasteiger partial charge on any atom is -0.507 e. The molecule has 1 aliphatic rings. The normalized spacial score (nSPS) is 17.0. The maximum Gasteiger partial charge on any atom is 0.300 e. The lowest BCUT2D eigenvalue weighted by molar-refractivity contribution is -0.132. The molecule has 1 unspecified atom stereocenters. The lowest BCUT2D eigenvalue weighted by Gasteiger charge is -2.26. The number of aliphatic hydroxyl groups excluding tert-OH is 1. The van der Waals surface area contributed by atoms with Crippen molar-refractivity contribution < 1.29 is 19.4 Å². The van der Waals surface area contributed by atoms with Gasteiger partial charge < -0.3 is 14.7 Å². The van der Waals surface area contributed by atoms with Crippen molar-refractivity contribution >= 4 is 28.8 Å². The number of aryl methyl sites for hydroxylation is 2. The Morgan fingerprint density at radius 2 is 1.59 bits per heavy atom. The third-order valence-corrected chi connectivity index (χ3v) is 6.89. The summed E-state index contributed by atoms with van der Waals surface area (Å²) >= 11 is 0. The second-order valence-corrected chi connectivity index (χ2v) is 10.1. The number of hydrogen-bond donors (Lipinski definition) is 1. The number of aliphatic hydroxyl groups is 1. The number of carbonyl (C=O) groups is 2. The molecule has 6 nitrogen and oxygen atoms in total. The summed E-state index contributed by atoms with van der Waals surface area (Å²) in [5.74, 6) is -0.849. The van der Waals surface area contributed by atoms with E-state index in [9.17, 15) is 14.7 Å². The van der Waals surface area contributed by atoms with Gasteiger partial charge in [0.15, 0.2) is 0 Å². The van der Waals surface area contributed by atoms with E-state index in [0.717, 1.165) is 27.9 Å². The number of hydrogen-bond acceptors (Lipinski definition) is 5. The molecular weight excluding hydrogens is 464 g/mol. The average Bonchev–Trinajstić information content (AvgIpc) is 3.13. The molecule has 0 spiro atoms. The van der Waals surface area contributed by atoms with Gasteiger partial charge >= 0.3 is 0 Å². The Labute approximate surface area is 218 Å². The van der Waals surface area contributed by atoms with Crippen LogP contribution in [0.2, 0.25) is 0 Å². The van der Waals surface area contributed by atoms with Gasteiger partial charge in [0.1, 0.15) is 11.5 Å². The molecule has 3 aromatic carbocycles. The molecule has 1 saturated heterocycles. The molecule has 3 aromatic rings. The fourth-order valence-electron chi connectivity index (χ4n) is 4.94. The lowest BCUT2D eigenvalue weighted by atomic mass is 9.92. The fraction of sp³-hybridized carbons (Fsp3) is 0.290. The summed E-state index contributed by atoms with van der Waals surface area (Å²) in [4.78, 5) is 30.5. The van der Waals surface area contributed by atoms with E-state index in [1.807, 2.05) is 87.4 Å². The average molecular weight is 499 g/mol. The molecule has 1 fully saturated rings. The zero-order valence-electron chi connectivity index (χ0n) is 22.5. The van der Waals surface area contributed by atoms with Crippen molar-refractivity contribution in [1.29, 1.82) is 0 Å². The number of rotatable bonds is 6. The van der Waals surface area contributed by atoms with E-state index >= 15 is 0 Å². The Hall–Kier alpha value is -4.06. The first-order valence-corrected chi connectivity index (χ1v) is 12.4. The molecule has 0 saturated carbocycles. The lowest BCUT2D eigenvalue weighted by Crippen LogP contribution is -2.29. The van der Waals surface area contributed by atoms with Gasteiger partial charge in [0.05, 0.1) is 24.3 Å². The van der Waals surface area contributed by atoms with Crippen LogP contribution in [-0.4, -0.2) is 38.0 Å². The van der Waals surface area contributed by atoms with E-state index in [4.69, 9.17) is 4.74 Å². The quantitative estimate of drug-likeness (QED) is 0.252. The van der Waals surface area contributed by atoms with Crippen molar-refractivity contribution in [3.05, 3.63) is 94.1 Å². The SMILES string of the molecule is COc1c(C)cc(C)cc1/C(O)=C1\C(=O)C(=O)N(c2ccc(N(C)C)cc2)C1c1ccc(C(C)C)cc1. The number of Topliss-reactive ketones (excluding diaryl/α,β-unsaturated/α-hetero) is 1. The highest BCUT2D eigenvalue weighted by atomic mass is 16.5. The van der Waals surface area contributed by atoms with Gasteiger partial charge in [-0.15, -0.1) is 0 Å². The molecule has 192 valence electrons. The van der Waals surface area contributed by atoms with Crippen molar-refractivity contribution in [2.75, 3.05) is 31.0 Å². The highest BCUT2D eigenvalue weighted by Crippen LogP contribution is 2.44. The van der Waals surface area contributed by atoms with E-state index in [2.05, 4.69) is 13.8 Å². The fourth-order valence-corrected chi connectivity index (χ4v) is 4.94. The molecule has 6 heteroatoms. The van der Waals surface area contributed by atoms with Crippen LogP contribution >= 0.6 is 0 Å². The third kappa shape index (κ3) is 4.71. The molecule has 1 atom stereocenters. The Morgan fingerprint density at radius 3 is 2.14 bits per heavy atom. The van der Waals surface area contributed by atoms with E-state index in [1.165, 1.54) is 12.0 Å². The Morgan fingerprint density at radius 1 is 0.973 bits per heavy atom. The van der Waals surface area contributed by atoms with Crippen molar-refractivity contribution in [2.45, 2.75) is 39.7 Å². The minimum absolute atomic E-state index is 0.0438. The highest BCUT2D eigenvalue weighted by molar-refractivity contribution is 6.51. The van der Waals surface area contributed by atoms with Crippen LogP contribution < -0.4 is 14.5 Å². The number of ketones is 1. The summed E-state index contributed by atoms with van der Waals surface area (Å²) in [6, 6.07) is 18.3. The van der Waals surface area contributed by atoms with Crippen LogP contribution in [0.25, 0.3) is 5.76 Å². The van der Waals surface area contributed by atoms with Gasteiger partial charge in [-0.25, -0.2) is 0 Å². The number of carbonyl (C=O) groups excluding carboxylic acids is 2. The van der Waals surface area contributed by atoms with Gasteiger partial charge in [-0.05, 0) is 72.4 Å². The number of anilines is 2. The molecule has 0 radical (unpaired) electrons. The van der Waals surface area contributed by atoms with Crippen LogP contribution in [0.15, 0.2) is 66.2 Å². The monoisotopic (exact) mass is 498 g/mol. The number of benzene rings is 3. The molecule has 0 aromatic heterocycles. The van der Waals surface area contributed by atoms with Gasteiger partial charge in [0.2, 0.25) is 0 Å². The molecule has 1 aliphatic heterocycles. The molecule has 37 heavy (non-hydrogen) atoms. The Balaban J connectivity index is 1.96. The second kappa shape index (κ2) is 10.1. The highest BCUT2D eigenvalue weighted by Gasteiger charge is 2.47. The van der Waals surface area contributed by atoms with Crippen molar-refractivity contribution in [3.8, 4) is 5.75 Å². The number of methoxy groups -OCH3 is 1. The molecule has 0 bridgehead atoms. The van der Waals surface area contributed by atoms with Crippen LogP contribution in [0.4, 0.5) is 11.4 Å². The summed E-state index contributed by atoms with van der Waals surface area (Å²) < 4.78 is 5.60. The molecule has 1 N–H and O–H groups in total. The van der Waals surface area contributed by atoms with Crippen molar-refractivity contribution in [1.82, 2.24) is 0 Å². The topological polar surface area (TPSA) is 70.1 Å². The third-order valence-electron chi connectivity index (χ3n) is 6.89. The maximum absolute atomic E-state index is 13.5. The predicted octanol–water partition coefficient (Wildman–Crippen LogP) is 6.13. The first-order chi connectivity index (χ1) is 17.5. The minimum atomic E-state index is -0.794. The van der Waals surface area contributed by atoms with Gasteiger partial charge in [-0.3, -0.25) is 14.5 Å². The van der Waals surface area contributed by atoms with Gasteiger partial charge in [0.25, 0.3) is 11.7 Å². The van der Waals surface area contributed by atoms with Crippen LogP contribution in [0, 0.1) is 13.8 Å². The molecule has 4 rings (SSSR count). The summed E-state index contributed by atoms with van der Waals surface area (Å²) in [7, 11) is 5.41. The standard InChI is InChI=1S/C31H34N2O4/c1-18(2)21-8-10-22(11-9-21)27-26(28(34)25-17-19(3)16-20(4)30(25)37-7)29(35)31(36)33(27)24-14-12-23(13-15-24)32(5)6/h8-18,27,34H,1-7H3/b28-26+. The predicted molar refractivity (Wildman–Crippen MR) is 149 cm³/mol. The first-order valence-electron chi connectivity index (χ1n) is 12.4. The Kier molecular flexibility index (Phi) is 7.12. The number of ether oxygens (including phenoxy) is 1. The Bertz CT molecular complexity index is 1370. The van der Waals surface area contributed by atoms with Crippen molar-refractivity contribution in [2.24, 2.45) is 0 Å². The maximum atomic E-state index is 13.5. The number of nitrogens with zero attached hydrogens (tertiary/aromatic N) is 2. The second-order valence-electron chi connectivity index (χ2n) is 10.1. The molecule has 1 heterocycles. The van der Waals surface area contributed by atoms with E-state index in [1.54, 1.807) is 6.07 Å². The molecule has 0 aliphatic carbocycles. The first kappa shape index (κ1) is 26.0. The summed E-state index contributed by atoms with van der Waals surface area (Å²) in [5.41, 5.74) is 5.61. The van der Waals surface area contributed by atoms with E-state index in [-0.39, 0.29) is 11.3 Å². The molecular formula is C31H34N2O4. The number of amides is 1. The summed E-state index contributed by atoms with van der Waals surface area (Å²) in [5, 5.41) is 11.6. The van der Waals surface area contributed by atoms with Crippen LogP contribution in [0.1, 0.15) is 53.6 Å². The summed E-state index contributed by atoms with van der Waals surface area (Å²) in [6.45, 7) is 8.02. The van der Waals surface area contributed by atoms with Crippen molar-refractivity contribution in [3.63, 3.8) is 0 Å². The zero-order valence-corrected chi connectivity index (χ0v) is 22.5. The van der Waals surface area contributed by atoms with Gasteiger partial charge in [0, 0.05) is 25.5 Å². The molecule has 1 amide bonds. The van der Waals surface area contributed by atoms with Crippen LogP contribution in [0.5, 0.6) is 5.75 Å². The smallest absolute Gasteiger partial charge is 0.300 e. The van der Waals surface area contributed by atoms with Gasteiger partial charge in [-0.1, -0.05) is 44.2 Å². The largest absolute Gasteiger partial charge is 0.507 e.